The monoisotopic (exact) mass is 435 g/mol. The lowest BCUT2D eigenvalue weighted by Crippen LogP contribution is -2.37. The van der Waals surface area contributed by atoms with Crippen LogP contribution in [0.5, 0.6) is 0 Å². The van der Waals surface area contributed by atoms with Crippen molar-refractivity contribution in [1.82, 2.24) is 9.88 Å². The Kier molecular flexibility index (Phi) is 7.46. The highest BCUT2D eigenvalue weighted by Gasteiger charge is 2.25. The molecule has 2 heterocycles. The number of ether oxygens (including phenoxy) is 1. The van der Waals surface area contributed by atoms with Crippen molar-refractivity contribution in [3.8, 4) is 0 Å². The van der Waals surface area contributed by atoms with Crippen LogP contribution in [-0.2, 0) is 16.1 Å². The van der Waals surface area contributed by atoms with Crippen molar-refractivity contribution < 1.29 is 9.53 Å². The van der Waals surface area contributed by atoms with Crippen molar-refractivity contribution in [3.05, 3.63) is 82.9 Å². The van der Waals surface area contributed by atoms with Gasteiger partial charge in [-0.1, -0.05) is 60.7 Å². The van der Waals surface area contributed by atoms with E-state index in [1.165, 1.54) is 11.1 Å². The zero-order valence-corrected chi connectivity index (χ0v) is 18.7. The minimum atomic E-state index is -0.0348. The molecule has 1 aliphatic heterocycles. The Morgan fingerprint density at radius 2 is 1.71 bits per heavy atom. The van der Waals surface area contributed by atoms with E-state index in [0.29, 0.717) is 6.54 Å². The fourth-order valence-electron chi connectivity index (χ4n) is 3.89. The standard InChI is InChI=1S/C25H29N3O2S/c1-19(29)16-26-25-27-22(18-31-25)17-28-14-12-23(13-15-28)30-24(20-8-4-2-5-9-20)21-10-6-3-7-11-21/h2-11,18,23-24H,12-17H2,1H3,(H,26,27). The number of aromatic nitrogens is 1. The maximum Gasteiger partial charge on any atom is 0.183 e. The first kappa shape index (κ1) is 21.7. The molecule has 1 fully saturated rings. The molecule has 0 unspecified atom stereocenters. The highest BCUT2D eigenvalue weighted by atomic mass is 32.1. The van der Waals surface area contributed by atoms with Gasteiger partial charge in [-0.3, -0.25) is 9.69 Å². The van der Waals surface area contributed by atoms with Crippen molar-refractivity contribution in [1.29, 1.82) is 0 Å². The lowest BCUT2D eigenvalue weighted by molar-refractivity contribution is -0.115. The molecule has 4 rings (SSSR count). The van der Waals surface area contributed by atoms with Gasteiger partial charge in [-0.05, 0) is 30.9 Å². The van der Waals surface area contributed by atoms with E-state index in [4.69, 9.17) is 4.74 Å². The molecule has 5 nitrogen and oxygen atoms in total. The van der Waals surface area contributed by atoms with E-state index < -0.39 is 0 Å². The topological polar surface area (TPSA) is 54.5 Å². The predicted molar refractivity (Wildman–Crippen MR) is 125 cm³/mol. The number of nitrogens with one attached hydrogen (secondary N) is 1. The van der Waals surface area contributed by atoms with E-state index in [9.17, 15) is 4.79 Å². The second-order valence-electron chi connectivity index (χ2n) is 8.01. The van der Waals surface area contributed by atoms with E-state index in [1.54, 1.807) is 18.3 Å². The van der Waals surface area contributed by atoms with Gasteiger partial charge in [0, 0.05) is 25.0 Å². The summed E-state index contributed by atoms with van der Waals surface area (Å²) in [5.74, 6) is 0.114. The molecule has 3 aromatic rings. The van der Waals surface area contributed by atoms with Crippen LogP contribution < -0.4 is 5.32 Å². The van der Waals surface area contributed by atoms with Crippen molar-refractivity contribution >= 4 is 22.3 Å². The van der Waals surface area contributed by atoms with Gasteiger partial charge >= 0.3 is 0 Å². The van der Waals surface area contributed by atoms with Crippen LogP contribution in [0, 0.1) is 0 Å². The van der Waals surface area contributed by atoms with Gasteiger partial charge in [-0.25, -0.2) is 4.98 Å². The number of benzene rings is 2. The number of carbonyl (C=O) groups excluding carboxylic acids is 1. The first-order valence-corrected chi connectivity index (χ1v) is 11.7. The van der Waals surface area contributed by atoms with Crippen LogP contribution in [0.3, 0.4) is 0 Å². The number of Topliss-reactive ketones (excluding diaryl/α,β-unsaturated/α-hetero) is 1. The Morgan fingerprint density at radius 1 is 1.10 bits per heavy atom. The van der Waals surface area contributed by atoms with Crippen LogP contribution in [-0.4, -0.2) is 41.4 Å². The maximum atomic E-state index is 11.1. The second-order valence-corrected chi connectivity index (χ2v) is 8.87. The third kappa shape index (κ3) is 6.23. The van der Waals surface area contributed by atoms with Gasteiger partial charge < -0.3 is 10.1 Å². The van der Waals surface area contributed by atoms with Gasteiger partial charge in [0.1, 0.15) is 11.9 Å². The van der Waals surface area contributed by atoms with Gasteiger partial charge in [0.2, 0.25) is 0 Å². The number of rotatable bonds is 9. The number of likely N-dealkylation sites (tertiary alicyclic amines) is 1. The van der Waals surface area contributed by atoms with Crippen molar-refractivity contribution in [2.75, 3.05) is 25.0 Å². The average molecular weight is 436 g/mol. The van der Waals surface area contributed by atoms with Crippen LogP contribution in [0.1, 0.15) is 42.7 Å². The van der Waals surface area contributed by atoms with Crippen molar-refractivity contribution in [3.63, 3.8) is 0 Å². The van der Waals surface area contributed by atoms with Crippen molar-refractivity contribution in [2.24, 2.45) is 0 Å². The summed E-state index contributed by atoms with van der Waals surface area (Å²) in [7, 11) is 0. The number of carbonyl (C=O) groups is 1. The lowest BCUT2D eigenvalue weighted by atomic mass is 10.00. The number of hydrogen-bond acceptors (Lipinski definition) is 6. The smallest absolute Gasteiger partial charge is 0.183 e. The zero-order chi connectivity index (χ0) is 21.5. The summed E-state index contributed by atoms with van der Waals surface area (Å²) in [6.45, 7) is 4.74. The Labute approximate surface area is 188 Å². The SMILES string of the molecule is CC(=O)CNc1nc(CN2CCC(OC(c3ccccc3)c3ccccc3)CC2)cs1. The van der Waals surface area contributed by atoms with Gasteiger partial charge in [-0.15, -0.1) is 11.3 Å². The Bertz CT molecular complexity index is 914. The number of anilines is 1. The summed E-state index contributed by atoms with van der Waals surface area (Å²) >= 11 is 1.56. The molecule has 1 N–H and O–H groups in total. The summed E-state index contributed by atoms with van der Waals surface area (Å²) in [6.07, 6.45) is 2.23. The van der Waals surface area contributed by atoms with Crippen LogP contribution in [0.4, 0.5) is 5.13 Å². The Hall–Kier alpha value is -2.54. The summed E-state index contributed by atoms with van der Waals surface area (Å²) in [5.41, 5.74) is 3.45. The van der Waals surface area contributed by atoms with Crippen molar-refractivity contribution in [2.45, 2.75) is 38.5 Å². The zero-order valence-electron chi connectivity index (χ0n) is 17.9. The van der Waals surface area contributed by atoms with Gasteiger partial charge in [0.05, 0.1) is 18.3 Å². The Balaban J connectivity index is 1.32. The van der Waals surface area contributed by atoms with Gasteiger partial charge in [0.25, 0.3) is 0 Å². The molecule has 0 radical (unpaired) electrons. The molecule has 0 spiro atoms. The molecule has 31 heavy (non-hydrogen) atoms. The van der Waals surface area contributed by atoms with Crippen LogP contribution >= 0.6 is 11.3 Å². The Morgan fingerprint density at radius 3 is 2.29 bits per heavy atom. The van der Waals surface area contributed by atoms with Crippen LogP contribution in [0.15, 0.2) is 66.0 Å². The number of nitrogens with zero attached hydrogens (tertiary/aromatic N) is 2. The highest BCUT2D eigenvalue weighted by Crippen LogP contribution is 2.30. The third-order valence-electron chi connectivity index (χ3n) is 5.49. The molecule has 6 heteroatoms. The normalized spacial score (nSPS) is 15.3. The van der Waals surface area contributed by atoms with E-state index in [1.807, 2.05) is 12.1 Å². The van der Waals surface area contributed by atoms with Crippen LogP contribution in [0.2, 0.25) is 0 Å². The van der Waals surface area contributed by atoms with Gasteiger partial charge in [0.15, 0.2) is 5.13 Å². The fourth-order valence-corrected chi connectivity index (χ4v) is 4.59. The molecule has 1 aromatic heterocycles. The van der Waals surface area contributed by atoms with E-state index in [0.717, 1.165) is 43.3 Å². The average Bonchev–Trinajstić information content (AvgIpc) is 3.25. The van der Waals surface area contributed by atoms with Gasteiger partial charge in [-0.2, -0.15) is 0 Å². The number of piperidine rings is 1. The molecule has 1 aliphatic rings. The fraction of sp³-hybridized carbons (Fsp3) is 0.360. The summed E-state index contributed by atoms with van der Waals surface area (Å²) in [4.78, 5) is 18.2. The first-order chi connectivity index (χ1) is 15.2. The molecule has 0 bridgehead atoms. The third-order valence-corrected chi connectivity index (χ3v) is 6.34. The lowest BCUT2D eigenvalue weighted by Gasteiger charge is -2.34. The second kappa shape index (κ2) is 10.7. The molecule has 2 aromatic carbocycles. The minimum absolute atomic E-state index is 0.0348. The minimum Gasteiger partial charge on any atom is -0.365 e. The molecule has 0 atom stereocenters. The highest BCUT2D eigenvalue weighted by molar-refractivity contribution is 7.13. The molecule has 162 valence electrons. The van der Waals surface area contributed by atoms with Crippen LogP contribution in [0.25, 0.3) is 0 Å². The molecule has 0 aliphatic carbocycles. The molecule has 1 saturated heterocycles. The molecule has 0 amide bonds. The number of hydrogen-bond donors (Lipinski definition) is 1. The molecular formula is C25H29N3O2S. The quantitative estimate of drug-likeness (QED) is 0.517. The largest absolute Gasteiger partial charge is 0.365 e. The first-order valence-electron chi connectivity index (χ1n) is 10.8. The summed E-state index contributed by atoms with van der Waals surface area (Å²) in [5, 5.41) is 5.97. The number of thiazole rings is 1. The molecular weight excluding hydrogens is 406 g/mol. The maximum absolute atomic E-state index is 11.1. The van der Waals surface area contributed by atoms with E-state index in [2.05, 4.69) is 69.1 Å². The summed E-state index contributed by atoms with van der Waals surface area (Å²) in [6, 6.07) is 21.0. The predicted octanol–water partition coefficient (Wildman–Crippen LogP) is 4.91. The van der Waals surface area contributed by atoms with E-state index in [-0.39, 0.29) is 18.0 Å². The summed E-state index contributed by atoms with van der Waals surface area (Å²) < 4.78 is 6.64. The van der Waals surface area contributed by atoms with E-state index >= 15 is 0 Å². The number of ketones is 1. The molecule has 0 saturated carbocycles.